The van der Waals surface area contributed by atoms with E-state index in [2.05, 4.69) is 10.3 Å². The number of carbonyl (C=O) groups excluding carboxylic acids is 1. The van der Waals surface area contributed by atoms with E-state index in [1.54, 1.807) is 12.3 Å². The lowest BCUT2D eigenvalue weighted by atomic mass is 9.51. The lowest BCUT2D eigenvalue weighted by Gasteiger charge is -2.60. The highest BCUT2D eigenvalue weighted by Crippen LogP contribution is 2.56. The van der Waals surface area contributed by atoms with Crippen LogP contribution in [0.2, 0.25) is 5.02 Å². The van der Waals surface area contributed by atoms with E-state index in [1.165, 1.54) is 25.3 Å². The van der Waals surface area contributed by atoms with Crippen molar-refractivity contribution in [1.82, 2.24) is 4.98 Å². The molecule has 0 amide bonds. The number of nitrogens with two attached hydrogens (primary N) is 1. The fourth-order valence-electron chi connectivity index (χ4n) is 7.53. The van der Waals surface area contributed by atoms with Gasteiger partial charge in [-0.3, -0.25) is 9.78 Å². The summed E-state index contributed by atoms with van der Waals surface area (Å²) in [5, 5.41) is 14.4. The number of phenolic OH excluding ortho intramolecular Hbond substituents is 1. The molecular weight excluding hydrogens is 477 g/mol. The normalized spacial score (nSPS) is 30.6. The molecule has 5 aliphatic carbocycles. The first-order valence-electron chi connectivity index (χ1n) is 13.0. The molecule has 0 radical (unpaired) electrons. The minimum absolute atomic E-state index is 0.0436. The number of halogens is 2. The Morgan fingerprint density at radius 2 is 1.86 bits per heavy atom. The minimum atomic E-state index is -0.773. The number of ketones is 1. The van der Waals surface area contributed by atoms with E-state index >= 15 is 0 Å². The number of carbonyl (C=O) groups is 1. The van der Waals surface area contributed by atoms with Gasteiger partial charge in [0.25, 0.3) is 0 Å². The van der Waals surface area contributed by atoms with Crippen molar-refractivity contribution in [1.29, 1.82) is 0 Å². The van der Waals surface area contributed by atoms with Gasteiger partial charge >= 0.3 is 0 Å². The van der Waals surface area contributed by atoms with Crippen LogP contribution in [-0.2, 0) is 0 Å². The molecule has 0 aliphatic heterocycles. The molecule has 0 spiro atoms. The van der Waals surface area contributed by atoms with E-state index in [1.807, 2.05) is 18.2 Å². The number of nitrogens with zero attached hydrogens (tertiary/aromatic N) is 1. The van der Waals surface area contributed by atoms with Crippen LogP contribution in [0, 0.1) is 29.5 Å². The van der Waals surface area contributed by atoms with Crippen LogP contribution in [0.3, 0.4) is 0 Å². The molecule has 8 rings (SSSR count). The predicted molar refractivity (Wildman–Crippen MR) is 139 cm³/mol. The van der Waals surface area contributed by atoms with Gasteiger partial charge in [-0.25, -0.2) is 4.39 Å². The molecule has 3 unspecified atom stereocenters. The maximum Gasteiger partial charge on any atom is 0.170 e. The number of benzene rings is 2. The standard InChI is InChI=1S/C29H29ClFN3O2/c30-22-9-18(10-23(31)27(22)36)17-3-4-24-20(8-17)25(21(13-33-24)26(35)16-1-2-16)34-28-19-6-14-5-15(7-19)12-29(28,32)11-14/h3-4,8-10,13-16,19,28,36H,1-2,5-7,11-12,32H2,(H,33,34). The molecule has 5 aliphatic rings. The van der Waals surface area contributed by atoms with Crippen molar-refractivity contribution in [2.75, 3.05) is 5.32 Å². The van der Waals surface area contributed by atoms with Crippen LogP contribution in [0.25, 0.3) is 22.0 Å². The van der Waals surface area contributed by atoms with Gasteiger partial charge in [-0.05, 0) is 98.1 Å². The molecule has 3 aromatic rings. The highest BCUT2D eigenvalue weighted by Gasteiger charge is 2.55. The van der Waals surface area contributed by atoms with Crippen molar-refractivity contribution in [3.63, 3.8) is 0 Å². The Bertz CT molecular complexity index is 1380. The Hall–Kier alpha value is -2.70. The van der Waals surface area contributed by atoms with E-state index in [0.29, 0.717) is 28.9 Å². The highest BCUT2D eigenvalue weighted by atomic mass is 35.5. The van der Waals surface area contributed by atoms with Crippen molar-refractivity contribution in [2.45, 2.75) is 56.5 Å². The number of anilines is 1. The maximum atomic E-state index is 14.3. The van der Waals surface area contributed by atoms with Crippen LogP contribution in [0.4, 0.5) is 10.1 Å². The second-order valence-electron chi connectivity index (χ2n) is 11.7. The van der Waals surface area contributed by atoms with Crippen molar-refractivity contribution >= 4 is 34.0 Å². The third-order valence-electron chi connectivity index (χ3n) is 9.10. The van der Waals surface area contributed by atoms with E-state index < -0.39 is 11.6 Å². The largest absolute Gasteiger partial charge is 0.504 e. The summed E-state index contributed by atoms with van der Waals surface area (Å²) in [6.07, 6.45) is 9.29. The smallest absolute Gasteiger partial charge is 0.170 e. The number of hydrogen-bond donors (Lipinski definition) is 3. The van der Waals surface area contributed by atoms with E-state index in [4.69, 9.17) is 17.3 Å². The van der Waals surface area contributed by atoms with E-state index in [9.17, 15) is 14.3 Å². The Labute approximate surface area is 214 Å². The van der Waals surface area contributed by atoms with Gasteiger partial charge in [0.2, 0.25) is 0 Å². The first-order chi connectivity index (χ1) is 17.3. The SMILES string of the molecule is NC12CC3CC(CC(C3)C1Nc1c(C(=O)C3CC3)cnc3ccc(-c4cc(F)c(O)c(Cl)c4)cc13)C2. The van der Waals surface area contributed by atoms with Gasteiger partial charge in [0.1, 0.15) is 0 Å². The molecule has 5 nitrogen and oxygen atoms in total. The predicted octanol–water partition coefficient (Wildman–Crippen LogP) is 6.31. The summed E-state index contributed by atoms with van der Waals surface area (Å²) in [4.78, 5) is 18.0. The second kappa shape index (κ2) is 7.90. The van der Waals surface area contributed by atoms with Gasteiger partial charge < -0.3 is 16.2 Å². The van der Waals surface area contributed by atoms with Gasteiger partial charge in [-0.2, -0.15) is 0 Å². The third kappa shape index (κ3) is 3.52. The molecule has 36 heavy (non-hydrogen) atoms. The van der Waals surface area contributed by atoms with Crippen LogP contribution in [0.5, 0.6) is 5.75 Å². The Morgan fingerprint density at radius 1 is 1.11 bits per heavy atom. The maximum absolute atomic E-state index is 14.3. The summed E-state index contributed by atoms with van der Waals surface area (Å²) in [5.41, 5.74) is 10.3. The average molecular weight is 506 g/mol. The topological polar surface area (TPSA) is 88.2 Å². The minimum Gasteiger partial charge on any atom is -0.504 e. The van der Waals surface area contributed by atoms with Gasteiger partial charge in [0.05, 0.1) is 21.8 Å². The molecule has 5 fully saturated rings. The lowest BCUT2D eigenvalue weighted by molar-refractivity contribution is -0.0117. The molecular formula is C29H29ClFN3O2. The van der Waals surface area contributed by atoms with Crippen LogP contribution in [0.1, 0.15) is 55.3 Å². The first kappa shape index (κ1) is 22.5. The number of fused-ring (bicyclic) bond motifs is 1. The molecule has 4 bridgehead atoms. The lowest BCUT2D eigenvalue weighted by Crippen LogP contribution is -2.67. The Kier molecular flexibility index (Phi) is 4.93. The van der Waals surface area contributed by atoms with Crippen molar-refractivity contribution in [2.24, 2.45) is 29.4 Å². The highest BCUT2D eigenvalue weighted by molar-refractivity contribution is 6.32. The van der Waals surface area contributed by atoms with Crippen LogP contribution in [-0.4, -0.2) is 27.5 Å². The zero-order chi connectivity index (χ0) is 24.8. The molecule has 5 saturated carbocycles. The Balaban J connectivity index is 1.37. The molecule has 1 aromatic heterocycles. The molecule has 7 heteroatoms. The van der Waals surface area contributed by atoms with Gasteiger partial charge in [0.15, 0.2) is 17.3 Å². The summed E-state index contributed by atoms with van der Waals surface area (Å²) < 4.78 is 14.3. The van der Waals surface area contributed by atoms with Crippen LogP contribution < -0.4 is 11.1 Å². The molecule has 1 heterocycles. The van der Waals surface area contributed by atoms with Crippen LogP contribution in [0.15, 0.2) is 36.5 Å². The van der Waals surface area contributed by atoms with E-state index in [0.717, 1.165) is 47.8 Å². The summed E-state index contributed by atoms with van der Waals surface area (Å²) in [7, 11) is 0. The first-order valence-corrected chi connectivity index (χ1v) is 13.4. The average Bonchev–Trinajstić information content (AvgIpc) is 3.68. The number of nitrogens with one attached hydrogen (secondary N) is 1. The zero-order valence-corrected chi connectivity index (χ0v) is 20.7. The Morgan fingerprint density at radius 3 is 2.53 bits per heavy atom. The number of Topliss-reactive ketones (excluding diaryl/α,β-unsaturated/α-hetero) is 1. The number of rotatable bonds is 5. The summed E-state index contributed by atoms with van der Waals surface area (Å²) >= 11 is 6.07. The summed E-state index contributed by atoms with van der Waals surface area (Å²) in [6, 6.07) is 8.61. The van der Waals surface area contributed by atoms with Crippen molar-refractivity contribution in [3.05, 3.63) is 52.9 Å². The number of aromatic nitrogens is 1. The molecule has 2 aromatic carbocycles. The molecule has 4 N–H and O–H groups in total. The van der Waals surface area contributed by atoms with Crippen molar-refractivity contribution < 1.29 is 14.3 Å². The quantitative estimate of drug-likeness (QED) is 0.353. The molecule has 3 atom stereocenters. The van der Waals surface area contributed by atoms with Gasteiger partial charge in [-0.1, -0.05) is 17.7 Å². The molecule has 0 saturated heterocycles. The van der Waals surface area contributed by atoms with Crippen LogP contribution >= 0.6 is 11.6 Å². The fourth-order valence-corrected chi connectivity index (χ4v) is 7.74. The van der Waals surface area contributed by atoms with Gasteiger partial charge in [0, 0.05) is 29.1 Å². The van der Waals surface area contributed by atoms with Gasteiger partial charge in [-0.15, -0.1) is 0 Å². The number of phenols is 1. The summed E-state index contributed by atoms with van der Waals surface area (Å²) in [6.45, 7) is 0. The zero-order valence-electron chi connectivity index (χ0n) is 19.9. The van der Waals surface area contributed by atoms with Crippen molar-refractivity contribution in [3.8, 4) is 16.9 Å². The van der Waals surface area contributed by atoms with E-state index in [-0.39, 0.29) is 28.3 Å². The third-order valence-corrected chi connectivity index (χ3v) is 9.39. The molecule has 186 valence electrons. The second-order valence-corrected chi connectivity index (χ2v) is 12.1. The fraction of sp³-hybridized carbons (Fsp3) is 0.448. The number of hydrogen-bond acceptors (Lipinski definition) is 5. The summed E-state index contributed by atoms with van der Waals surface area (Å²) in [5.74, 6) is 0.792. The monoisotopic (exact) mass is 505 g/mol. The number of pyridine rings is 1. The number of aromatic hydroxyl groups is 1.